The second-order valence-corrected chi connectivity index (χ2v) is 4.64. The van der Waals surface area contributed by atoms with Crippen LogP contribution in [0.15, 0.2) is 57.9 Å². The van der Waals surface area contributed by atoms with E-state index in [1.54, 1.807) is 30.5 Å². The van der Waals surface area contributed by atoms with Gasteiger partial charge in [-0.3, -0.25) is 9.59 Å². The van der Waals surface area contributed by atoms with Crippen molar-refractivity contribution in [3.8, 4) is 0 Å². The molecule has 18 heavy (non-hydrogen) atoms. The van der Waals surface area contributed by atoms with Gasteiger partial charge in [-0.2, -0.15) is 0 Å². The molecule has 4 nitrogen and oxygen atoms in total. The van der Waals surface area contributed by atoms with Gasteiger partial charge in [0.05, 0.1) is 0 Å². The van der Waals surface area contributed by atoms with Crippen molar-refractivity contribution in [1.29, 1.82) is 0 Å². The summed E-state index contributed by atoms with van der Waals surface area (Å²) in [5.74, 6) is -0.231. The van der Waals surface area contributed by atoms with Crippen LogP contribution >= 0.6 is 15.9 Å². The Balaban J connectivity index is 2.03. The maximum Gasteiger partial charge on any atom is 0.250 e. The van der Waals surface area contributed by atoms with Crippen molar-refractivity contribution < 1.29 is 4.79 Å². The van der Waals surface area contributed by atoms with E-state index < -0.39 is 0 Å². The van der Waals surface area contributed by atoms with Gasteiger partial charge in [0, 0.05) is 22.4 Å². The summed E-state index contributed by atoms with van der Waals surface area (Å²) in [5.41, 5.74) is 0.510. The van der Waals surface area contributed by atoms with E-state index in [0.29, 0.717) is 5.69 Å². The largest absolute Gasteiger partial charge is 0.325 e. The number of halogens is 1. The first kappa shape index (κ1) is 12.6. The standard InChI is InChI=1S/C13H11BrN2O2/c14-10-4-6-11(7-5-10)15-12(17)9-16-8-2-1-3-13(16)18/h1-8H,9H2,(H,15,17). The number of benzene rings is 1. The Labute approximate surface area is 112 Å². The van der Waals surface area contributed by atoms with Gasteiger partial charge in [0.25, 0.3) is 5.56 Å². The van der Waals surface area contributed by atoms with Crippen molar-refractivity contribution in [1.82, 2.24) is 4.57 Å². The summed E-state index contributed by atoms with van der Waals surface area (Å²) in [7, 11) is 0. The third-order valence-corrected chi connectivity index (χ3v) is 2.87. The van der Waals surface area contributed by atoms with Crippen LogP contribution in [0, 0.1) is 0 Å². The zero-order valence-electron chi connectivity index (χ0n) is 9.47. The van der Waals surface area contributed by atoms with Crippen LogP contribution in [0.3, 0.4) is 0 Å². The van der Waals surface area contributed by atoms with Crippen LogP contribution in [-0.2, 0) is 11.3 Å². The number of carbonyl (C=O) groups is 1. The first-order chi connectivity index (χ1) is 8.65. The van der Waals surface area contributed by atoms with E-state index in [9.17, 15) is 9.59 Å². The number of hydrogen-bond acceptors (Lipinski definition) is 2. The summed E-state index contributed by atoms with van der Waals surface area (Å²) in [6, 6.07) is 12.0. The number of carbonyl (C=O) groups excluding carboxylic acids is 1. The fraction of sp³-hybridized carbons (Fsp3) is 0.0769. The number of aromatic nitrogens is 1. The summed E-state index contributed by atoms with van der Waals surface area (Å²) in [5, 5.41) is 2.73. The summed E-state index contributed by atoms with van der Waals surface area (Å²) in [6.45, 7) is 0.00966. The van der Waals surface area contributed by atoms with E-state index >= 15 is 0 Å². The molecule has 1 heterocycles. The maximum absolute atomic E-state index is 11.7. The first-order valence-corrected chi connectivity index (χ1v) is 6.15. The Kier molecular flexibility index (Phi) is 3.94. The van der Waals surface area contributed by atoms with Crippen LogP contribution in [0.4, 0.5) is 5.69 Å². The van der Waals surface area contributed by atoms with Crippen LogP contribution in [0.2, 0.25) is 0 Å². The summed E-state index contributed by atoms with van der Waals surface area (Å²) < 4.78 is 2.30. The number of hydrogen-bond donors (Lipinski definition) is 1. The molecule has 0 fully saturated rings. The molecule has 0 saturated heterocycles. The second-order valence-electron chi connectivity index (χ2n) is 3.72. The monoisotopic (exact) mass is 306 g/mol. The van der Waals surface area contributed by atoms with Crippen molar-refractivity contribution in [2.24, 2.45) is 0 Å². The molecule has 0 atom stereocenters. The molecule has 0 aliphatic rings. The number of pyridine rings is 1. The number of nitrogens with zero attached hydrogens (tertiary/aromatic N) is 1. The van der Waals surface area contributed by atoms with Crippen molar-refractivity contribution in [3.63, 3.8) is 0 Å². The van der Waals surface area contributed by atoms with E-state index in [1.807, 2.05) is 12.1 Å². The van der Waals surface area contributed by atoms with E-state index in [4.69, 9.17) is 0 Å². The van der Waals surface area contributed by atoms with Crippen molar-refractivity contribution in [3.05, 3.63) is 63.5 Å². The highest BCUT2D eigenvalue weighted by molar-refractivity contribution is 9.10. The maximum atomic E-state index is 11.7. The predicted octanol–water partition coefficient (Wildman–Crippen LogP) is 2.25. The molecule has 92 valence electrons. The van der Waals surface area contributed by atoms with Gasteiger partial charge in [-0.05, 0) is 30.3 Å². The molecular formula is C13H11BrN2O2. The van der Waals surface area contributed by atoms with Crippen LogP contribution in [0.1, 0.15) is 0 Å². The summed E-state index contributed by atoms with van der Waals surface area (Å²) >= 11 is 3.32. The smallest absolute Gasteiger partial charge is 0.250 e. The Morgan fingerprint density at radius 2 is 1.89 bits per heavy atom. The van der Waals surface area contributed by atoms with E-state index in [-0.39, 0.29) is 18.0 Å². The number of nitrogens with one attached hydrogen (secondary N) is 1. The van der Waals surface area contributed by atoms with Crippen molar-refractivity contribution in [2.75, 3.05) is 5.32 Å². The molecule has 5 heteroatoms. The molecule has 2 rings (SSSR count). The van der Waals surface area contributed by atoms with E-state index in [1.165, 1.54) is 10.6 Å². The van der Waals surface area contributed by atoms with Gasteiger partial charge in [-0.1, -0.05) is 22.0 Å². The fourth-order valence-electron chi connectivity index (χ4n) is 1.48. The molecule has 1 amide bonds. The Morgan fingerprint density at radius 3 is 2.56 bits per heavy atom. The fourth-order valence-corrected chi connectivity index (χ4v) is 1.74. The minimum Gasteiger partial charge on any atom is -0.325 e. The van der Waals surface area contributed by atoms with Gasteiger partial charge < -0.3 is 9.88 Å². The molecule has 0 aliphatic carbocycles. The van der Waals surface area contributed by atoms with Gasteiger partial charge in [0.2, 0.25) is 5.91 Å². The topological polar surface area (TPSA) is 51.1 Å². The van der Waals surface area contributed by atoms with Crippen LogP contribution in [-0.4, -0.2) is 10.5 Å². The van der Waals surface area contributed by atoms with Gasteiger partial charge >= 0.3 is 0 Å². The molecule has 0 saturated carbocycles. The SMILES string of the molecule is O=C(Cn1ccccc1=O)Nc1ccc(Br)cc1. The third kappa shape index (κ3) is 3.30. The lowest BCUT2D eigenvalue weighted by Gasteiger charge is -2.07. The number of amides is 1. The Morgan fingerprint density at radius 1 is 1.17 bits per heavy atom. The minimum atomic E-state index is -0.231. The zero-order chi connectivity index (χ0) is 13.0. The van der Waals surface area contributed by atoms with Gasteiger partial charge in [0.1, 0.15) is 6.54 Å². The first-order valence-electron chi connectivity index (χ1n) is 5.36. The van der Waals surface area contributed by atoms with Crippen molar-refractivity contribution in [2.45, 2.75) is 6.54 Å². The molecule has 1 N–H and O–H groups in total. The summed E-state index contributed by atoms with van der Waals surface area (Å²) in [4.78, 5) is 23.2. The normalized spacial score (nSPS) is 10.1. The lowest BCUT2D eigenvalue weighted by Crippen LogP contribution is -2.26. The quantitative estimate of drug-likeness (QED) is 0.945. The molecule has 0 aliphatic heterocycles. The predicted molar refractivity (Wildman–Crippen MR) is 73.5 cm³/mol. The highest BCUT2D eigenvalue weighted by Crippen LogP contribution is 2.13. The van der Waals surface area contributed by atoms with Gasteiger partial charge in [0.15, 0.2) is 0 Å². The average Bonchev–Trinajstić information content (AvgIpc) is 2.35. The third-order valence-electron chi connectivity index (χ3n) is 2.34. The molecule has 0 bridgehead atoms. The molecule has 0 spiro atoms. The van der Waals surface area contributed by atoms with E-state index in [2.05, 4.69) is 21.2 Å². The molecule has 2 aromatic rings. The van der Waals surface area contributed by atoms with Crippen LogP contribution < -0.4 is 10.9 Å². The van der Waals surface area contributed by atoms with Crippen LogP contribution in [0.25, 0.3) is 0 Å². The Hall–Kier alpha value is -1.88. The Bertz CT molecular complexity index is 605. The van der Waals surface area contributed by atoms with Crippen LogP contribution in [0.5, 0.6) is 0 Å². The second kappa shape index (κ2) is 5.64. The highest BCUT2D eigenvalue weighted by atomic mass is 79.9. The lowest BCUT2D eigenvalue weighted by atomic mass is 10.3. The summed E-state index contributed by atoms with van der Waals surface area (Å²) in [6.07, 6.45) is 1.59. The minimum absolute atomic E-state index is 0.00966. The molecule has 0 unspecified atom stereocenters. The zero-order valence-corrected chi connectivity index (χ0v) is 11.1. The molecular weight excluding hydrogens is 296 g/mol. The molecule has 1 aromatic heterocycles. The van der Waals surface area contributed by atoms with E-state index in [0.717, 1.165) is 4.47 Å². The van der Waals surface area contributed by atoms with Gasteiger partial charge in [-0.25, -0.2) is 0 Å². The number of rotatable bonds is 3. The lowest BCUT2D eigenvalue weighted by molar-refractivity contribution is -0.116. The molecule has 1 aromatic carbocycles. The molecule has 0 radical (unpaired) electrons. The van der Waals surface area contributed by atoms with Gasteiger partial charge in [-0.15, -0.1) is 0 Å². The number of anilines is 1. The highest BCUT2D eigenvalue weighted by Gasteiger charge is 2.04. The van der Waals surface area contributed by atoms with Crippen molar-refractivity contribution >= 4 is 27.5 Å². The average molecular weight is 307 g/mol.